The van der Waals surface area contributed by atoms with Gasteiger partial charge in [0.2, 0.25) is 5.91 Å². The number of ether oxygens (including phenoxy) is 1. The van der Waals surface area contributed by atoms with Crippen LogP contribution in [0.25, 0.3) is 0 Å². The molecule has 25 heavy (non-hydrogen) atoms. The number of amides is 1. The Morgan fingerprint density at radius 3 is 2.64 bits per heavy atom. The SMILES string of the molecule is O=C(Cc1csc(Cc2ccccc2)n1)NC1(C(=O)O)CCOCC1. The molecule has 1 amide bonds. The Morgan fingerprint density at radius 1 is 1.24 bits per heavy atom. The van der Waals surface area contributed by atoms with E-state index in [0.717, 1.165) is 11.4 Å². The molecular weight excluding hydrogens is 340 g/mol. The summed E-state index contributed by atoms with van der Waals surface area (Å²) >= 11 is 1.51. The lowest BCUT2D eigenvalue weighted by Crippen LogP contribution is -2.57. The monoisotopic (exact) mass is 360 g/mol. The van der Waals surface area contributed by atoms with Crippen molar-refractivity contribution in [1.82, 2.24) is 10.3 Å². The van der Waals surface area contributed by atoms with E-state index in [1.165, 1.54) is 16.9 Å². The summed E-state index contributed by atoms with van der Waals surface area (Å²) in [6, 6.07) is 10.0. The molecule has 2 aromatic rings. The number of nitrogens with one attached hydrogen (secondary N) is 1. The quantitative estimate of drug-likeness (QED) is 0.823. The molecule has 0 aliphatic carbocycles. The predicted octanol–water partition coefficient (Wildman–Crippen LogP) is 2.03. The number of carboxylic acid groups (broad SMARTS) is 1. The van der Waals surface area contributed by atoms with Crippen LogP contribution in [0.5, 0.6) is 0 Å². The van der Waals surface area contributed by atoms with E-state index in [1.807, 2.05) is 35.7 Å². The molecule has 1 aliphatic heterocycles. The average Bonchev–Trinajstić information content (AvgIpc) is 3.03. The largest absolute Gasteiger partial charge is 0.480 e. The highest BCUT2D eigenvalue weighted by Crippen LogP contribution is 2.22. The zero-order valence-electron chi connectivity index (χ0n) is 13.7. The van der Waals surface area contributed by atoms with Crippen LogP contribution in [0.3, 0.4) is 0 Å². The van der Waals surface area contributed by atoms with Crippen LogP contribution < -0.4 is 5.32 Å². The van der Waals surface area contributed by atoms with Gasteiger partial charge >= 0.3 is 5.97 Å². The first-order valence-corrected chi connectivity index (χ1v) is 9.05. The molecule has 2 heterocycles. The van der Waals surface area contributed by atoms with Crippen LogP contribution in [-0.4, -0.2) is 40.7 Å². The fourth-order valence-electron chi connectivity index (χ4n) is 2.87. The van der Waals surface area contributed by atoms with E-state index in [1.54, 1.807) is 0 Å². The van der Waals surface area contributed by atoms with Gasteiger partial charge in [-0.15, -0.1) is 11.3 Å². The van der Waals surface area contributed by atoms with Gasteiger partial charge in [-0.1, -0.05) is 30.3 Å². The fraction of sp³-hybridized carbons (Fsp3) is 0.389. The summed E-state index contributed by atoms with van der Waals surface area (Å²) in [5, 5.41) is 15.0. The van der Waals surface area contributed by atoms with E-state index in [2.05, 4.69) is 10.3 Å². The smallest absolute Gasteiger partial charge is 0.329 e. The highest BCUT2D eigenvalue weighted by Gasteiger charge is 2.41. The minimum atomic E-state index is -1.22. The third-order valence-corrected chi connectivity index (χ3v) is 5.17. The number of carboxylic acids is 1. The number of aliphatic carboxylic acids is 1. The maximum Gasteiger partial charge on any atom is 0.329 e. The van der Waals surface area contributed by atoms with Crippen molar-refractivity contribution in [3.8, 4) is 0 Å². The molecule has 7 heteroatoms. The van der Waals surface area contributed by atoms with E-state index in [0.29, 0.717) is 18.9 Å². The summed E-state index contributed by atoms with van der Waals surface area (Å²) in [6.07, 6.45) is 1.37. The Labute approximate surface area is 149 Å². The summed E-state index contributed by atoms with van der Waals surface area (Å²) in [5.41, 5.74) is 0.610. The Bertz CT molecular complexity index is 739. The first-order valence-electron chi connectivity index (χ1n) is 8.17. The third kappa shape index (κ3) is 4.43. The van der Waals surface area contributed by atoms with Gasteiger partial charge in [0.25, 0.3) is 0 Å². The number of thiazole rings is 1. The van der Waals surface area contributed by atoms with Crippen LogP contribution in [0.4, 0.5) is 0 Å². The number of carbonyl (C=O) groups excluding carboxylic acids is 1. The van der Waals surface area contributed by atoms with E-state index >= 15 is 0 Å². The molecular formula is C18H20N2O4S. The van der Waals surface area contributed by atoms with E-state index < -0.39 is 11.5 Å². The molecule has 1 saturated heterocycles. The summed E-state index contributed by atoms with van der Waals surface area (Å²) in [6.45, 7) is 0.676. The van der Waals surface area contributed by atoms with Gasteiger partial charge in [-0.2, -0.15) is 0 Å². The van der Waals surface area contributed by atoms with Crippen molar-refractivity contribution >= 4 is 23.2 Å². The minimum absolute atomic E-state index is 0.0845. The molecule has 2 N–H and O–H groups in total. The highest BCUT2D eigenvalue weighted by molar-refractivity contribution is 7.09. The van der Waals surface area contributed by atoms with Gasteiger partial charge in [0, 0.05) is 37.9 Å². The van der Waals surface area contributed by atoms with Crippen LogP contribution >= 0.6 is 11.3 Å². The number of benzene rings is 1. The van der Waals surface area contributed by atoms with Crippen LogP contribution in [0.15, 0.2) is 35.7 Å². The third-order valence-electron chi connectivity index (χ3n) is 4.27. The van der Waals surface area contributed by atoms with E-state index in [9.17, 15) is 14.7 Å². The van der Waals surface area contributed by atoms with Crippen molar-refractivity contribution in [2.24, 2.45) is 0 Å². The molecule has 0 saturated carbocycles. The maximum atomic E-state index is 12.3. The normalized spacial score (nSPS) is 16.3. The molecule has 0 unspecified atom stereocenters. The first kappa shape index (κ1) is 17.6. The Balaban J connectivity index is 1.60. The van der Waals surface area contributed by atoms with E-state index in [-0.39, 0.29) is 25.2 Å². The molecule has 0 spiro atoms. The van der Waals surface area contributed by atoms with Crippen molar-refractivity contribution in [3.05, 3.63) is 52.0 Å². The van der Waals surface area contributed by atoms with Gasteiger partial charge in [-0.05, 0) is 5.56 Å². The van der Waals surface area contributed by atoms with Crippen LogP contribution in [0.1, 0.15) is 29.1 Å². The summed E-state index contributed by atoms with van der Waals surface area (Å²) < 4.78 is 5.21. The van der Waals surface area contributed by atoms with Crippen LogP contribution in [-0.2, 0) is 27.2 Å². The lowest BCUT2D eigenvalue weighted by atomic mass is 9.90. The lowest BCUT2D eigenvalue weighted by Gasteiger charge is -2.33. The van der Waals surface area contributed by atoms with Gasteiger partial charge in [-0.25, -0.2) is 9.78 Å². The zero-order chi connectivity index (χ0) is 17.7. The van der Waals surface area contributed by atoms with Gasteiger partial charge < -0.3 is 15.2 Å². The average molecular weight is 360 g/mol. The first-order chi connectivity index (χ1) is 12.1. The molecule has 3 rings (SSSR count). The number of rotatable bonds is 6. The van der Waals surface area contributed by atoms with Gasteiger partial charge in [0.1, 0.15) is 5.54 Å². The highest BCUT2D eigenvalue weighted by atomic mass is 32.1. The predicted molar refractivity (Wildman–Crippen MR) is 93.6 cm³/mol. The number of nitrogens with zero attached hydrogens (tertiary/aromatic N) is 1. The van der Waals surface area contributed by atoms with Crippen LogP contribution in [0, 0.1) is 0 Å². The van der Waals surface area contributed by atoms with Gasteiger partial charge in [0.05, 0.1) is 17.1 Å². The molecule has 1 fully saturated rings. The summed E-state index contributed by atoms with van der Waals surface area (Å²) in [7, 11) is 0. The number of hydrogen-bond acceptors (Lipinski definition) is 5. The molecule has 132 valence electrons. The molecule has 0 radical (unpaired) electrons. The zero-order valence-corrected chi connectivity index (χ0v) is 14.6. The van der Waals surface area contributed by atoms with Gasteiger partial charge in [0.15, 0.2) is 0 Å². The lowest BCUT2D eigenvalue weighted by molar-refractivity contribution is -0.152. The van der Waals surface area contributed by atoms with Gasteiger partial charge in [-0.3, -0.25) is 4.79 Å². The number of hydrogen-bond donors (Lipinski definition) is 2. The molecule has 0 atom stereocenters. The van der Waals surface area contributed by atoms with Crippen molar-refractivity contribution in [1.29, 1.82) is 0 Å². The maximum absolute atomic E-state index is 12.3. The standard InChI is InChI=1S/C18H20N2O4S/c21-15(20-18(17(22)23)6-8-24-9-7-18)11-14-12-25-16(19-14)10-13-4-2-1-3-5-13/h1-5,12H,6-11H2,(H,20,21)(H,22,23). The van der Waals surface area contributed by atoms with E-state index in [4.69, 9.17) is 4.74 Å². The fourth-order valence-corrected chi connectivity index (χ4v) is 3.70. The Hall–Kier alpha value is -2.25. The van der Waals surface area contributed by atoms with Crippen molar-refractivity contribution in [2.45, 2.75) is 31.2 Å². The summed E-state index contributed by atoms with van der Waals surface area (Å²) in [4.78, 5) is 28.4. The van der Waals surface area contributed by atoms with Crippen LogP contribution in [0.2, 0.25) is 0 Å². The Kier molecular flexibility index (Phi) is 5.45. The van der Waals surface area contributed by atoms with Crippen molar-refractivity contribution < 1.29 is 19.4 Å². The molecule has 1 aromatic carbocycles. The molecule has 0 bridgehead atoms. The number of aromatic nitrogens is 1. The second-order valence-electron chi connectivity index (χ2n) is 6.12. The Morgan fingerprint density at radius 2 is 1.96 bits per heavy atom. The van der Waals surface area contributed by atoms with Crippen molar-refractivity contribution in [2.75, 3.05) is 13.2 Å². The summed E-state index contributed by atoms with van der Waals surface area (Å²) in [5.74, 6) is -1.33. The minimum Gasteiger partial charge on any atom is -0.480 e. The number of carbonyl (C=O) groups is 2. The second kappa shape index (κ2) is 7.76. The topological polar surface area (TPSA) is 88.5 Å². The molecule has 1 aliphatic rings. The van der Waals surface area contributed by atoms with Crippen molar-refractivity contribution in [3.63, 3.8) is 0 Å². The molecule has 1 aromatic heterocycles. The molecule has 6 nitrogen and oxygen atoms in total. The second-order valence-corrected chi connectivity index (χ2v) is 7.06.